The zero-order valence-corrected chi connectivity index (χ0v) is 17.1. The van der Waals surface area contributed by atoms with Crippen LogP contribution in [0.3, 0.4) is 0 Å². The standard InChI is InChI=1S/C18H16ClF3N2O5S/c1-24(30(26,27)12-3-5-15-16(9-12)29-7-6-28-15)10-17(25)23-14-4-2-11(19)8-13(14)18(20,21)22/h2-5,8-9H,6-7,10H2,1H3,(H,23,25). The van der Waals surface area contributed by atoms with E-state index in [0.717, 1.165) is 17.4 Å². The van der Waals surface area contributed by atoms with Gasteiger partial charge in [-0.15, -0.1) is 0 Å². The molecule has 2 aromatic rings. The topological polar surface area (TPSA) is 84.9 Å². The first-order chi connectivity index (χ1) is 14.0. The summed E-state index contributed by atoms with van der Waals surface area (Å²) in [6, 6.07) is 6.84. The Morgan fingerprint density at radius 3 is 2.47 bits per heavy atom. The van der Waals surface area contributed by atoms with Gasteiger partial charge in [-0.3, -0.25) is 4.79 Å². The van der Waals surface area contributed by atoms with Gasteiger partial charge in [0.15, 0.2) is 11.5 Å². The van der Waals surface area contributed by atoms with Gasteiger partial charge in [-0.1, -0.05) is 11.6 Å². The van der Waals surface area contributed by atoms with Crippen LogP contribution in [0.4, 0.5) is 18.9 Å². The number of anilines is 1. The molecule has 1 heterocycles. The van der Waals surface area contributed by atoms with Crippen molar-refractivity contribution >= 4 is 33.2 Å². The number of hydrogen-bond donors (Lipinski definition) is 1. The molecule has 1 amide bonds. The maximum atomic E-state index is 13.2. The Morgan fingerprint density at radius 1 is 1.13 bits per heavy atom. The summed E-state index contributed by atoms with van der Waals surface area (Å²) in [4.78, 5) is 12.1. The quantitative estimate of drug-likeness (QED) is 0.733. The number of amides is 1. The van der Waals surface area contributed by atoms with Crippen LogP contribution in [-0.4, -0.2) is 45.4 Å². The molecule has 0 bridgehead atoms. The van der Waals surface area contributed by atoms with Crippen molar-refractivity contribution in [3.8, 4) is 11.5 Å². The van der Waals surface area contributed by atoms with Gasteiger partial charge >= 0.3 is 6.18 Å². The highest BCUT2D eigenvalue weighted by molar-refractivity contribution is 7.89. The minimum absolute atomic E-state index is 0.149. The van der Waals surface area contributed by atoms with Gasteiger partial charge in [-0.05, 0) is 30.3 Å². The van der Waals surface area contributed by atoms with Crippen molar-refractivity contribution < 1.29 is 35.9 Å². The summed E-state index contributed by atoms with van der Waals surface area (Å²) in [6.07, 6.45) is -4.75. The van der Waals surface area contributed by atoms with Crippen molar-refractivity contribution in [2.75, 3.05) is 32.1 Å². The fourth-order valence-corrected chi connectivity index (χ4v) is 4.02. The molecule has 1 N–H and O–H groups in total. The molecule has 1 aliphatic heterocycles. The highest BCUT2D eigenvalue weighted by Crippen LogP contribution is 2.36. The molecule has 3 rings (SSSR count). The number of alkyl halides is 3. The number of halogens is 4. The highest BCUT2D eigenvalue weighted by atomic mass is 35.5. The minimum Gasteiger partial charge on any atom is -0.486 e. The van der Waals surface area contributed by atoms with Gasteiger partial charge in [0.1, 0.15) is 13.2 Å². The molecule has 0 radical (unpaired) electrons. The van der Waals surface area contributed by atoms with E-state index in [-0.39, 0.29) is 22.3 Å². The monoisotopic (exact) mass is 464 g/mol. The number of nitrogens with one attached hydrogen (secondary N) is 1. The summed E-state index contributed by atoms with van der Waals surface area (Å²) in [5, 5.41) is 1.93. The third kappa shape index (κ3) is 4.79. The van der Waals surface area contributed by atoms with Gasteiger partial charge in [0, 0.05) is 18.1 Å². The number of likely N-dealkylation sites (N-methyl/N-ethyl adjacent to an activating group) is 1. The van der Waals surface area contributed by atoms with Crippen molar-refractivity contribution in [3.63, 3.8) is 0 Å². The van der Waals surface area contributed by atoms with Gasteiger partial charge in [0.2, 0.25) is 15.9 Å². The minimum atomic E-state index is -4.75. The second-order valence-electron chi connectivity index (χ2n) is 6.30. The van der Waals surface area contributed by atoms with Crippen LogP contribution in [0.5, 0.6) is 11.5 Å². The van der Waals surface area contributed by atoms with Crippen molar-refractivity contribution in [1.82, 2.24) is 4.31 Å². The number of ether oxygens (including phenoxy) is 2. The van der Waals surface area contributed by atoms with Gasteiger partial charge in [-0.2, -0.15) is 17.5 Å². The zero-order valence-electron chi connectivity index (χ0n) is 15.5. The summed E-state index contributed by atoms with van der Waals surface area (Å²) in [5.74, 6) is -0.314. The van der Waals surface area contributed by atoms with Crippen LogP contribution in [0.1, 0.15) is 5.56 Å². The summed E-state index contributed by atoms with van der Waals surface area (Å²) >= 11 is 5.60. The SMILES string of the molecule is CN(CC(=O)Nc1ccc(Cl)cc1C(F)(F)F)S(=O)(=O)c1ccc2c(c1)OCCO2. The molecule has 30 heavy (non-hydrogen) atoms. The number of rotatable bonds is 5. The van der Waals surface area contributed by atoms with Crippen LogP contribution in [0.2, 0.25) is 5.02 Å². The number of hydrogen-bond acceptors (Lipinski definition) is 5. The molecule has 0 aromatic heterocycles. The number of benzene rings is 2. The molecule has 0 fully saturated rings. The predicted octanol–water partition coefficient (Wildman–Crippen LogP) is 3.39. The van der Waals surface area contributed by atoms with Gasteiger partial charge in [0.05, 0.1) is 22.7 Å². The molecule has 162 valence electrons. The summed E-state index contributed by atoms with van der Waals surface area (Å²) in [7, 11) is -2.97. The van der Waals surface area contributed by atoms with Crippen LogP contribution < -0.4 is 14.8 Å². The van der Waals surface area contributed by atoms with Crippen molar-refractivity contribution in [2.24, 2.45) is 0 Å². The Kier molecular flexibility index (Phi) is 6.16. The predicted molar refractivity (Wildman–Crippen MR) is 102 cm³/mol. The van der Waals surface area contributed by atoms with Crippen LogP contribution in [0.25, 0.3) is 0 Å². The van der Waals surface area contributed by atoms with E-state index >= 15 is 0 Å². The second-order valence-corrected chi connectivity index (χ2v) is 8.78. The Morgan fingerprint density at radius 2 is 1.80 bits per heavy atom. The zero-order chi connectivity index (χ0) is 22.1. The van der Waals surface area contributed by atoms with E-state index in [1.807, 2.05) is 0 Å². The first-order valence-corrected chi connectivity index (χ1v) is 10.3. The largest absolute Gasteiger partial charge is 0.486 e. The molecule has 1 aliphatic rings. The summed E-state index contributed by atoms with van der Waals surface area (Å²) in [5.41, 5.74) is -1.66. The number of carbonyl (C=O) groups is 1. The van der Waals surface area contributed by atoms with E-state index in [2.05, 4.69) is 5.32 Å². The molecule has 0 unspecified atom stereocenters. The number of sulfonamides is 1. The first-order valence-electron chi connectivity index (χ1n) is 8.51. The first kappa shape index (κ1) is 22.2. The molecular weight excluding hydrogens is 449 g/mol. The Hall–Kier alpha value is -2.50. The van der Waals surface area contributed by atoms with E-state index in [0.29, 0.717) is 18.4 Å². The normalized spacial score (nSPS) is 13.9. The lowest BCUT2D eigenvalue weighted by atomic mass is 10.1. The lowest BCUT2D eigenvalue weighted by Gasteiger charge is -2.21. The molecule has 0 saturated heterocycles. The molecule has 0 aliphatic carbocycles. The molecule has 0 spiro atoms. The molecule has 0 saturated carbocycles. The summed E-state index contributed by atoms with van der Waals surface area (Å²) < 4.78 is 76.3. The number of nitrogens with zero attached hydrogens (tertiary/aromatic N) is 1. The lowest BCUT2D eigenvalue weighted by molar-refractivity contribution is -0.137. The number of fused-ring (bicyclic) bond motifs is 1. The third-order valence-electron chi connectivity index (χ3n) is 4.15. The van der Waals surface area contributed by atoms with E-state index in [1.54, 1.807) is 0 Å². The highest BCUT2D eigenvalue weighted by Gasteiger charge is 2.34. The average molecular weight is 465 g/mol. The van der Waals surface area contributed by atoms with Crippen LogP contribution in [-0.2, 0) is 21.0 Å². The van der Waals surface area contributed by atoms with E-state index in [1.165, 1.54) is 24.3 Å². The van der Waals surface area contributed by atoms with Crippen molar-refractivity contribution in [1.29, 1.82) is 0 Å². The molecule has 7 nitrogen and oxygen atoms in total. The lowest BCUT2D eigenvalue weighted by Crippen LogP contribution is -2.35. The average Bonchev–Trinajstić information content (AvgIpc) is 2.68. The maximum Gasteiger partial charge on any atom is 0.418 e. The van der Waals surface area contributed by atoms with E-state index in [4.69, 9.17) is 21.1 Å². The van der Waals surface area contributed by atoms with Crippen LogP contribution in [0, 0.1) is 0 Å². The van der Waals surface area contributed by atoms with E-state index in [9.17, 15) is 26.4 Å². The van der Waals surface area contributed by atoms with Gasteiger partial charge < -0.3 is 14.8 Å². The fraction of sp³-hybridized carbons (Fsp3) is 0.278. The Bertz CT molecular complexity index is 1080. The Labute approximate surface area is 175 Å². The molecular formula is C18H16ClF3N2O5S. The molecule has 2 aromatic carbocycles. The number of carbonyl (C=O) groups excluding carboxylic acids is 1. The third-order valence-corrected chi connectivity index (χ3v) is 6.18. The Balaban J connectivity index is 1.76. The van der Waals surface area contributed by atoms with E-state index < -0.39 is 39.9 Å². The summed E-state index contributed by atoms with van der Waals surface area (Å²) in [6.45, 7) is -0.113. The fourth-order valence-electron chi connectivity index (χ4n) is 2.70. The second kappa shape index (κ2) is 8.32. The maximum absolute atomic E-state index is 13.2. The molecule has 12 heteroatoms. The van der Waals surface area contributed by atoms with Crippen molar-refractivity contribution in [2.45, 2.75) is 11.1 Å². The van der Waals surface area contributed by atoms with Gasteiger partial charge in [-0.25, -0.2) is 8.42 Å². The van der Waals surface area contributed by atoms with Crippen LogP contribution in [0.15, 0.2) is 41.3 Å². The van der Waals surface area contributed by atoms with Crippen molar-refractivity contribution in [3.05, 3.63) is 47.0 Å². The molecule has 0 atom stereocenters. The van der Waals surface area contributed by atoms with Crippen LogP contribution >= 0.6 is 11.6 Å². The van der Waals surface area contributed by atoms with Gasteiger partial charge in [0.25, 0.3) is 0 Å². The smallest absolute Gasteiger partial charge is 0.418 e.